The van der Waals surface area contributed by atoms with Crippen LogP contribution in [0.4, 0.5) is 5.82 Å². The number of hydrogen-bond acceptors (Lipinski definition) is 4. The van der Waals surface area contributed by atoms with Gasteiger partial charge in [0.05, 0.1) is 12.1 Å². The van der Waals surface area contributed by atoms with Gasteiger partial charge in [-0.15, -0.1) is 0 Å². The third-order valence-corrected chi connectivity index (χ3v) is 3.24. The van der Waals surface area contributed by atoms with Crippen molar-refractivity contribution >= 4 is 16.7 Å². The van der Waals surface area contributed by atoms with E-state index in [0.717, 1.165) is 36.4 Å². The van der Waals surface area contributed by atoms with Crippen molar-refractivity contribution < 1.29 is 0 Å². The number of aromatic nitrogens is 2. The highest BCUT2D eigenvalue weighted by atomic mass is 15.2. The molecule has 0 bridgehead atoms. The molecule has 0 radical (unpaired) electrons. The SMILES string of the molecule is Nc1nc(CN2CCCC2)nc2ccccc12. The summed E-state index contributed by atoms with van der Waals surface area (Å²) in [6.07, 6.45) is 2.56. The lowest BCUT2D eigenvalue weighted by atomic mass is 10.2. The zero-order valence-corrected chi connectivity index (χ0v) is 9.76. The van der Waals surface area contributed by atoms with Gasteiger partial charge in [-0.3, -0.25) is 4.90 Å². The fraction of sp³-hybridized carbons (Fsp3) is 0.385. The van der Waals surface area contributed by atoms with Gasteiger partial charge in [-0.2, -0.15) is 0 Å². The van der Waals surface area contributed by atoms with Crippen LogP contribution in [0.2, 0.25) is 0 Å². The summed E-state index contributed by atoms with van der Waals surface area (Å²) < 4.78 is 0. The van der Waals surface area contributed by atoms with E-state index >= 15 is 0 Å². The third kappa shape index (κ3) is 2.08. The smallest absolute Gasteiger partial charge is 0.145 e. The first-order chi connectivity index (χ1) is 8.33. The molecule has 2 heterocycles. The molecule has 0 aliphatic carbocycles. The van der Waals surface area contributed by atoms with Crippen LogP contribution in [0.1, 0.15) is 18.7 Å². The van der Waals surface area contributed by atoms with Gasteiger partial charge in [0.2, 0.25) is 0 Å². The molecule has 0 amide bonds. The normalized spacial score (nSPS) is 16.7. The highest BCUT2D eigenvalue weighted by Crippen LogP contribution is 2.18. The summed E-state index contributed by atoms with van der Waals surface area (Å²) in [5, 5.41) is 0.942. The van der Waals surface area contributed by atoms with Crippen molar-refractivity contribution in [2.24, 2.45) is 0 Å². The number of para-hydroxylation sites is 1. The highest BCUT2D eigenvalue weighted by molar-refractivity contribution is 5.87. The van der Waals surface area contributed by atoms with Crippen LogP contribution in [0.25, 0.3) is 10.9 Å². The molecule has 1 aliphatic rings. The fourth-order valence-corrected chi connectivity index (χ4v) is 2.36. The highest BCUT2D eigenvalue weighted by Gasteiger charge is 2.14. The van der Waals surface area contributed by atoms with Gasteiger partial charge in [-0.1, -0.05) is 12.1 Å². The molecule has 1 saturated heterocycles. The van der Waals surface area contributed by atoms with E-state index in [0.29, 0.717) is 5.82 Å². The van der Waals surface area contributed by atoms with Gasteiger partial charge < -0.3 is 5.73 Å². The summed E-state index contributed by atoms with van der Waals surface area (Å²) in [4.78, 5) is 11.3. The quantitative estimate of drug-likeness (QED) is 0.851. The molecule has 1 fully saturated rings. The van der Waals surface area contributed by atoms with Gasteiger partial charge in [-0.25, -0.2) is 9.97 Å². The van der Waals surface area contributed by atoms with Crippen LogP contribution in [0, 0.1) is 0 Å². The van der Waals surface area contributed by atoms with Gasteiger partial charge in [0.1, 0.15) is 11.6 Å². The molecule has 4 nitrogen and oxygen atoms in total. The molecule has 0 saturated carbocycles. The Bertz CT molecular complexity index is 532. The van der Waals surface area contributed by atoms with Crippen LogP contribution in [-0.2, 0) is 6.54 Å². The zero-order valence-electron chi connectivity index (χ0n) is 9.76. The lowest BCUT2D eigenvalue weighted by Gasteiger charge is -2.13. The number of fused-ring (bicyclic) bond motifs is 1. The Morgan fingerprint density at radius 1 is 1.12 bits per heavy atom. The summed E-state index contributed by atoms with van der Waals surface area (Å²) >= 11 is 0. The van der Waals surface area contributed by atoms with Crippen LogP contribution >= 0.6 is 0 Å². The number of benzene rings is 1. The molecule has 0 unspecified atom stereocenters. The van der Waals surface area contributed by atoms with E-state index in [1.165, 1.54) is 12.8 Å². The zero-order chi connectivity index (χ0) is 11.7. The molecule has 0 spiro atoms. The van der Waals surface area contributed by atoms with E-state index < -0.39 is 0 Å². The van der Waals surface area contributed by atoms with E-state index in [4.69, 9.17) is 5.73 Å². The predicted molar refractivity (Wildman–Crippen MR) is 68.5 cm³/mol. The molecule has 2 N–H and O–H groups in total. The average molecular weight is 228 g/mol. The van der Waals surface area contributed by atoms with Gasteiger partial charge in [-0.05, 0) is 38.1 Å². The second-order valence-electron chi connectivity index (χ2n) is 4.53. The van der Waals surface area contributed by atoms with Crippen molar-refractivity contribution in [3.05, 3.63) is 30.1 Å². The minimum atomic E-state index is 0.588. The number of likely N-dealkylation sites (tertiary alicyclic amines) is 1. The van der Waals surface area contributed by atoms with E-state index in [1.54, 1.807) is 0 Å². The van der Waals surface area contributed by atoms with E-state index in [2.05, 4.69) is 14.9 Å². The summed E-state index contributed by atoms with van der Waals surface area (Å²) in [6.45, 7) is 3.11. The molecule has 2 aromatic rings. The van der Waals surface area contributed by atoms with E-state index in [-0.39, 0.29) is 0 Å². The topological polar surface area (TPSA) is 55.0 Å². The third-order valence-electron chi connectivity index (χ3n) is 3.24. The number of anilines is 1. The van der Waals surface area contributed by atoms with Crippen LogP contribution in [0.5, 0.6) is 0 Å². The molecular formula is C13H16N4. The summed E-state index contributed by atoms with van der Waals surface area (Å²) in [5.74, 6) is 1.42. The van der Waals surface area contributed by atoms with Crippen LogP contribution in [0.15, 0.2) is 24.3 Å². The Labute approximate surface area is 100 Å². The first-order valence-corrected chi connectivity index (χ1v) is 6.06. The molecule has 1 aliphatic heterocycles. The Balaban J connectivity index is 1.94. The largest absolute Gasteiger partial charge is 0.383 e. The van der Waals surface area contributed by atoms with Crippen molar-refractivity contribution in [2.45, 2.75) is 19.4 Å². The van der Waals surface area contributed by atoms with Crippen molar-refractivity contribution in [3.63, 3.8) is 0 Å². The standard InChI is InChI=1S/C13H16N4/c14-13-10-5-1-2-6-11(10)15-12(16-13)9-17-7-3-4-8-17/h1-2,5-6H,3-4,7-9H2,(H2,14,15,16). The van der Waals surface area contributed by atoms with Gasteiger partial charge in [0.15, 0.2) is 0 Å². The minimum Gasteiger partial charge on any atom is -0.383 e. The first kappa shape index (κ1) is 10.5. The molecule has 0 atom stereocenters. The molecule has 3 rings (SSSR count). The maximum absolute atomic E-state index is 5.96. The van der Waals surface area contributed by atoms with Gasteiger partial charge >= 0.3 is 0 Å². The molecular weight excluding hydrogens is 212 g/mol. The number of nitrogen functional groups attached to an aromatic ring is 1. The number of nitrogens with two attached hydrogens (primary N) is 1. The second kappa shape index (κ2) is 4.30. The Morgan fingerprint density at radius 3 is 2.71 bits per heavy atom. The maximum Gasteiger partial charge on any atom is 0.145 e. The van der Waals surface area contributed by atoms with Crippen LogP contribution < -0.4 is 5.73 Å². The Morgan fingerprint density at radius 2 is 1.88 bits per heavy atom. The molecule has 88 valence electrons. The average Bonchev–Trinajstić information content (AvgIpc) is 2.82. The summed E-state index contributed by atoms with van der Waals surface area (Å²) in [5.41, 5.74) is 6.90. The van der Waals surface area contributed by atoms with Crippen LogP contribution in [0.3, 0.4) is 0 Å². The number of nitrogens with zero attached hydrogens (tertiary/aromatic N) is 3. The van der Waals surface area contributed by atoms with E-state index in [9.17, 15) is 0 Å². The predicted octanol–water partition coefficient (Wildman–Crippen LogP) is 1.81. The Kier molecular flexibility index (Phi) is 2.65. The molecule has 1 aromatic carbocycles. The monoisotopic (exact) mass is 228 g/mol. The molecule has 17 heavy (non-hydrogen) atoms. The minimum absolute atomic E-state index is 0.588. The van der Waals surface area contributed by atoms with E-state index in [1.807, 2.05) is 24.3 Å². The number of rotatable bonds is 2. The fourth-order valence-electron chi connectivity index (χ4n) is 2.36. The Hall–Kier alpha value is -1.68. The summed E-state index contributed by atoms with van der Waals surface area (Å²) in [6, 6.07) is 7.89. The lowest BCUT2D eigenvalue weighted by molar-refractivity contribution is 0.323. The maximum atomic E-state index is 5.96. The molecule has 4 heteroatoms. The number of hydrogen-bond donors (Lipinski definition) is 1. The van der Waals surface area contributed by atoms with Crippen molar-refractivity contribution in [2.75, 3.05) is 18.8 Å². The second-order valence-corrected chi connectivity index (χ2v) is 4.53. The van der Waals surface area contributed by atoms with Crippen molar-refractivity contribution in [1.29, 1.82) is 0 Å². The van der Waals surface area contributed by atoms with Gasteiger partial charge in [0.25, 0.3) is 0 Å². The lowest BCUT2D eigenvalue weighted by Crippen LogP contribution is -2.20. The van der Waals surface area contributed by atoms with Crippen molar-refractivity contribution in [3.8, 4) is 0 Å². The van der Waals surface area contributed by atoms with Crippen LogP contribution in [-0.4, -0.2) is 28.0 Å². The van der Waals surface area contributed by atoms with Gasteiger partial charge in [0, 0.05) is 5.39 Å². The first-order valence-electron chi connectivity index (χ1n) is 6.06. The summed E-state index contributed by atoms with van der Waals surface area (Å²) in [7, 11) is 0. The van der Waals surface area contributed by atoms with Crippen molar-refractivity contribution in [1.82, 2.24) is 14.9 Å². The molecule has 1 aromatic heterocycles.